The fourth-order valence-corrected chi connectivity index (χ4v) is 2.24. The number of pyridine rings is 1. The maximum Gasteiger partial charge on any atom is 0.362 e. The molecule has 0 saturated heterocycles. The first-order valence-electron chi connectivity index (χ1n) is 7.73. The number of hydrogen-bond acceptors (Lipinski definition) is 4. The van der Waals surface area contributed by atoms with Crippen LogP contribution in [0.3, 0.4) is 0 Å². The molecule has 0 bridgehead atoms. The van der Waals surface area contributed by atoms with E-state index < -0.39 is 5.97 Å². The van der Waals surface area contributed by atoms with Gasteiger partial charge in [0.2, 0.25) is 0 Å². The molecule has 0 radical (unpaired) electrons. The number of ether oxygens (including phenoxy) is 1. The molecule has 2 aromatic carbocycles. The molecule has 1 amide bonds. The zero-order valence-corrected chi connectivity index (χ0v) is 13.6. The predicted molar refractivity (Wildman–Crippen MR) is 94.8 cm³/mol. The van der Waals surface area contributed by atoms with Gasteiger partial charge in [-0.15, -0.1) is 0 Å². The first kappa shape index (κ1) is 16.4. The van der Waals surface area contributed by atoms with Gasteiger partial charge >= 0.3 is 5.97 Å². The highest BCUT2D eigenvalue weighted by Gasteiger charge is 2.10. The van der Waals surface area contributed by atoms with Gasteiger partial charge in [-0.05, 0) is 55.5 Å². The molecule has 5 heteroatoms. The first-order chi connectivity index (χ1) is 12.1. The van der Waals surface area contributed by atoms with E-state index in [-0.39, 0.29) is 11.6 Å². The smallest absolute Gasteiger partial charge is 0.362 e. The maximum absolute atomic E-state index is 12.2. The van der Waals surface area contributed by atoms with Crippen molar-refractivity contribution in [3.63, 3.8) is 0 Å². The van der Waals surface area contributed by atoms with Crippen molar-refractivity contribution in [3.05, 3.63) is 89.7 Å². The second-order valence-corrected chi connectivity index (χ2v) is 5.45. The number of benzene rings is 2. The van der Waals surface area contributed by atoms with E-state index in [0.29, 0.717) is 17.0 Å². The van der Waals surface area contributed by atoms with Crippen LogP contribution in [0, 0.1) is 6.92 Å². The van der Waals surface area contributed by atoms with Crippen LogP contribution in [-0.4, -0.2) is 16.9 Å². The SMILES string of the molecule is Cc1cccc(C(=O)Nc2ccc(OC(=O)c3ccccn3)cc2)c1. The fraction of sp³-hybridized carbons (Fsp3) is 0.0500. The Balaban J connectivity index is 1.64. The van der Waals surface area contributed by atoms with E-state index in [1.54, 1.807) is 48.5 Å². The Morgan fingerprint density at radius 2 is 1.76 bits per heavy atom. The van der Waals surface area contributed by atoms with Crippen molar-refractivity contribution in [3.8, 4) is 5.75 Å². The minimum atomic E-state index is -0.530. The Labute approximate surface area is 145 Å². The van der Waals surface area contributed by atoms with Crippen molar-refractivity contribution in [2.75, 3.05) is 5.32 Å². The number of carbonyl (C=O) groups excluding carboxylic acids is 2. The van der Waals surface area contributed by atoms with Gasteiger partial charge in [0.25, 0.3) is 5.91 Å². The molecule has 3 rings (SSSR count). The van der Waals surface area contributed by atoms with Gasteiger partial charge in [-0.1, -0.05) is 23.8 Å². The standard InChI is InChI=1S/C20H16N2O3/c1-14-5-4-6-15(13-14)19(23)22-16-8-10-17(11-9-16)25-20(24)18-7-2-3-12-21-18/h2-13H,1H3,(H,22,23). The second-order valence-electron chi connectivity index (χ2n) is 5.45. The first-order valence-corrected chi connectivity index (χ1v) is 7.73. The van der Waals surface area contributed by atoms with E-state index in [2.05, 4.69) is 10.3 Å². The van der Waals surface area contributed by atoms with Gasteiger partial charge in [0.1, 0.15) is 11.4 Å². The van der Waals surface area contributed by atoms with Crippen molar-refractivity contribution < 1.29 is 14.3 Å². The molecule has 0 spiro atoms. The van der Waals surface area contributed by atoms with Gasteiger partial charge in [0.05, 0.1) is 0 Å². The number of nitrogens with one attached hydrogen (secondary N) is 1. The third-order valence-corrected chi connectivity index (χ3v) is 3.48. The molecule has 1 aromatic heterocycles. The van der Waals surface area contributed by atoms with E-state index >= 15 is 0 Å². The lowest BCUT2D eigenvalue weighted by molar-refractivity contribution is 0.0728. The summed E-state index contributed by atoms with van der Waals surface area (Å²) in [6.07, 6.45) is 1.53. The number of nitrogens with zero attached hydrogens (tertiary/aromatic N) is 1. The minimum absolute atomic E-state index is 0.193. The number of rotatable bonds is 4. The van der Waals surface area contributed by atoms with Crippen LogP contribution in [0.25, 0.3) is 0 Å². The van der Waals surface area contributed by atoms with E-state index in [1.807, 2.05) is 25.1 Å². The lowest BCUT2D eigenvalue weighted by Gasteiger charge is -2.07. The molecule has 0 fully saturated rings. The Kier molecular flexibility index (Phi) is 4.85. The van der Waals surface area contributed by atoms with Gasteiger partial charge in [0.15, 0.2) is 0 Å². The molecular formula is C20H16N2O3. The number of carbonyl (C=O) groups is 2. The summed E-state index contributed by atoms with van der Waals surface area (Å²) in [6.45, 7) is 1.93. The lowest BCUT2D eigenvalue weighted by atomic mass is 10.1. The number of aryl methyl sites for hydroxylation is 1. The van der Waals surface area contributed by atoms with Crippen LogP contribution in [0.15, 0.2) is 72.9 Å². The molecule has 0 aliphatic heterocycles. The molecular weight excluding hydrogens is 316 g/mol. The van der Waals surface area contributed by atoms with Crippen molar-refractivity contribution in [1.82, 2.24) is 4.98 Å². The summed E-state index contributed by atoms with van der Waals surface area (Å²) in [7, 11) is 0. The molecule has 0 unspecified atom stereocenters. The van der Waals surface area contributed by atoms with Gasteiger partial charge in [-0.3, -0.25) is 4.79 Å². The van der Waals surface area contributed by atoms with Gasteiger partial charge in [-0.2, -0.15) is 0 Å². The normalized spacial score (nSPS) is 10.1. The summed E-state index contributed by atoms with van der Waals surface area (Å²) >= 11 is 0. The topological polar surface area (TPSA) is 68.3 Å². The molecule has 1 heterocycles. The van der Waals surface area contributed by atoms with Crippen LogP contribution in [0.2, 0.25) is 0 Å². The molecule has 5 nitrogen and oxygen atoms in total. The van der Waals surface area contributed by atoms with Crippen LogP contribution < -0.4 is 10.1 Å². The third kappa shape index (κ3) is 4.29. The van der Waals surface area contributed by atoms with Crippen LogP contribution in [-0.2, 0) is 0 Å². The van der Waals surface area contributed by atoms with E-state index in [4.69, 9.17) is 4.74 Å². The summed E-state index contributed by atoms with van der Waals surface area (Å²) in [6, 6.07) is 19.0. The summed E-state index contributed by atoms with van der Waals surface area (Å²) < 4.78 is 5.25. The molecule has 0 atom stereocenters. The molecule has 1 N–H and O–H groups in total. The highest BCUT2D eigenvalue weighted by Crippen LogP contribution is 2.18. The second kappa shape index (κ2) is 7.40. The summed E-state index contributed by atoms with van der Waals surface area (Å²) in [5.41, 5.74) is 2.46. The molecule has 124 valence electrons. The number of hydrogen-bond donors (Lipinski definition) is 1. The minimum Gasteiger partial charge on any atom is -0.422 e. The predicted octanol–water partition coefficient (Wildman–Crippen LogP) is 3.86. The number of amides is 1. The Bertz CT molecular complexity index is 890. The van der Waals surface area contributed by atoms with Crippen LogP contribution >= 0.6 is 0 Å². The van der Waals surface area contributed by atoms with E-state index in [1.165, 1.54) is 6.20 Å². The number of aromatic nitrogens is 1. The Hall–Kier alpha value is -3.47. The lowest BCUT2D eigenvalue weighted by Crippen LogP contribution is -2.12. The third-order valence-electron chi connectivity index (χ3n) is 3.48. The van der Waals surface area contributed by atoms with Crippen molar-refractivity contribution in [1.29, 1.82) is 0 Å². The number of esters is 1. The van der Waals surface area contributed by atoms with Gasteiger partial charge in [-0.25, -0.2) is 9.78 Å². The summed E-state index contributed by atoms with van der Waals surface area (Å²) in [5.74, 6) is -0.344. The fourth-order valence-electron chi connectivity index (χ4n) is 2.24. The zero-order chi connectivity index (χ0) is 17.6. The molecule has 0 saturated carbocycles. The maximum atomic E-state index is 12.2. The molecule has 25 heavy (non-hydrogen) atoms. The van der Waals surface area contributed by atoms with Crippen LogP contribution in [0.5, 0.6) is 5.75 Å². The van der Waals surface area contributed by atoms with Crippen LogP contribution in [0.1, 0.15) is 26.4 Å². The summed E-state index contributed by atoms with van der Waals surface area (Å²) in [5, 5.41) is 2.81. The Morgan fingerprint density at radius 3 is 2.44 bits per heavy atom. The monoisotopic (exact) mass is 332 g/mol. The zero-order valence-electron chi connectivity index (χ0n) is 13.6. The molecule has 0 aliphatic rings. The van der Waals surface area contributed by atoms with Gasteiger partial charge in [0, 0.05) is 17.4 Å². The quantitative estimate of drug-likeness (QED) is 0.582. The van der Waals surface area contributed by atoms with Crippen LogP contribution in [0.4, 0.5) is 5.69 Å². The van der Waals surface area contributed by atoms with Crippen molar-refractivity contribution in [2.45, 2.75) is 6.92 Å². The molecule has 0 aliphatic carbocycles. The molecule has 3 aromatic rings. The summed E-state index contributed by atoms with van der Waals surface area (Å²) in [4.78, 5) is 28.1. The average Bonchev–Trinajstić information content (AvgIpc) is 2.64. The Morgan fingerprint density at radius 1 is 0.960 bits per heavy atom. The average molecular weight is 332 g/mol. The highest BCUT2D eigenvalue weighted by atomic mass is 16.5. The highest BCUT2D eigenvalue weighted by molar-refractivity contribution is 6.04. The van der Waals surface area contributed by atoms with E-state index in [0.717, 1.165) is 5.56 Å². The largest absolute Gasteiger partial charge is 0.422 e. The number of anilines is 1. The van der Waals surface area contributed by atoms with Crippen molar-refractivity contribution >= 4 is 17.6 Å². The van der Waals surface area contributed by atoms with E-state index in [9.17, 15) is 9.59 Å². The van der Waals surface area contributed by atoms with Crippen molar-refractivity contribution in [2.24, 2.45) is 0 Å². The van der Waals surface area contributed by atoms with Gasteiger partial charge < -0.3 is 10.1 Å².